The van der Waals surface area contributed by atoms with Crippen LogP contribution in [0.15, 0.2) is 36.5 Å². The Labute approximate surface area is 270 Å². The van der Waals surface area contributed by atoms with Gasteiger partial charge in [-0.25, -0.2) is 4.98 Å². The maximum absolute atomic E-state index is 14.2. The number of carbonyl (C=O) groups excluding carboxylic acids is 4. The van der Waals surface area contributed by atoms with E-state index in [0.717, 1.165) is 62.3 Å². The third-order valence-corrected chi connectivity index (χ3v) is 9.96. The second kappa shape index (κ2) is 14.3. The Bertz CT molecular complexity index is 1440. The van der Waals surface area contributed by atoms with E-state index in [1.54, 1.807) is 11.1 Å². The summed E-state index contributed by atoms with van der Waals surface area (Å²) in [4.78, 5) is 63.7. The average molecular weight is 631 g/mol. The third-order valence-electron chi connectivity index (χ3n) is 9.96. The number of benzene rings is 1. The summed E-state index contributed by atoms with van der Waals surface area (Å²) >= 11 is 0. The first kappa shape index (κ1) is 32.1. The van der Waals surface area contributed by atoms with Crippen LogP contribution in [0.2, 0.25) is 0 Å². The Kier molecular flexibility index (Phi) is 9.95. The zero-order valence-electron chi connectivity index (χ0n) is 26.8. The molecule has 3 fully saturated rings. The monoisotopic (exact) mass is 630 g/mol. The molecule has 5 heterocycles. The number of rotatable bonds is 7. The van der Waals surface area contributed by atoms with Crippen LogP contribution in [0.25, 0.3) is 0 Å². The Morgan fingerprint density at radius 3 is 2.57 bits per heavy atom. The maximum Gasteiger partial charge on any atom is 0.244 e. The molecule has 6 rings (SSSR count). The lowest BCUT2D eigenvalue weighted by molar-refractivity contribution is -0.151. The first-order valence-electron chi connectivity index (χ1n) is 16.7. The van der Waals surface area contributed by atoms with Crippen molar-refractivity contribution in [2.24, 2.45) is 5.41 Å². The van der Waals surface area contributed by atoms with Crippen molar-refractivity contribution >= 4 is 35.1 Å². The van der Waals surface area contributed by atoms with Crippen LogP contribution >= 0.6 is 0 Å². The van der Waals surface area contributed by atoms with Gasteiger partial charge in [0.1, 0.15) is 12.4 Å². The van der Waals surface area contributed by atoms with E-state index in [0.29, 0.717) is 56.9 Å². The number of aromatic nitrogens is 1. The van der Waals surface area contributed by atoms with Crippen molar-refractivity contribution in [1.29, 1.82) is 0 Å². The zero-order valence-corrected chi connectivity index (χ0v) is 26.8. The summed E-state index contributed by atoms with van der Waals surface area (Å²) in [5, 5.41) is 12.6. The van der Waals surface area contributed by atoms with Gasteiger partial charge in [0, 0.05) is 75.6 Å². The average Bonchev–Trinajstić information content (AvgIpc) is 3.05. The van der Waals surface area contributed by atoms with Gasteiger partial charge in [0.2, 0.25) is 23.6 Å². The van der Waals surface area contributed by atoms with Gasteiger partial charge in [0.15, 0.2) is 0 Å². The maximum atomic E-state index is 14.2. The molecule has 4 aliphatic rings. The summed E-state index contributed by atoms with van der Waals surface area (Å²) in [5.74, 6) is 0.261. The lowest BCUT2D eigenvalue weighted by atomic mass is 9.78. The van der Waals surface area contributed by atoms with Gasteiger partial charge in [0.25, 0.3) is 0 Å². The highest BCUT2D eigenvalue weighted by molar-refractivity contribution is 5.96. The topological polar surface area (TPSA) is 139 Å². The number of carbonyl (C=O) groups is 4. The molecule has 0 spiro atoms. The van der Waals surface area contributed by atoms with E-state index in [1.165, 1.54) is 0 Å². The standard InChI is InChI=1S/C34H46N8O4/c1-34(8-14-41(15-9-34)31(45)23-40-16-12-35-13-17-40)33(46)42(28-5-3-10-36-21-28)22-30(44)38-27-7-6-24-18-25-4-2-11-37-32(25)39-29(43)20-26(24)19-27/h2,4,6-7,11,19,28,35-36H,3,5,8-10,12-18,20-23H2,1H3,(H,38,44)(H,37,39,43)/t28-/m0/s1. The minimum atomic E-state index is -0.648. The number of nitrogens with zero attached hydrogens (tertiary/aromatic N) is 4. The second-order valence-corrected chi connectivity index (χ2v) is 13.3. The number of likely N-dealkylation sites (tertiary alicyclic amines) is 1. The number of fused-ring (bicyclic) bond motifs is 2. The van der Waals surface area contributed by atoms with E-state index in [9.17, 15) is 19.2 Å². The van der Waals surface area contributed by atoms with Gasteiger partial charge >= 0.3 is 0 Å². The molecule has 46 heavy (non-hydrogen) atoms. The molecule has 0 unspecified atom stereocenters. The van der Waals surface area contributed by atoms with E-state index < -0.39 is 5.41 Å². The minimum Gasteiger partial charge on any atom is -0.342 e. The summed E-state index contributed by atoms with van der Waals surface area (Å²) < 4.78 is 0. The van der Waals surface area contributed by atoms with E-state index in [4.69, 9.17) is 0 Å². The molecule has 12 heteroatoms. The number of nitrogens with one attached hydrogen (secondary N) is 4. The van der Waals surface area contributed by atoms with Gasteiger partial charge < -0.3 is 31.1 Å². The third kappa shape index (κ3) is 7.56. The molecule has 0 bridgehead atoms. The lowest BCUT2D eigenvalue weighted by Gasteiger charge is -2.44. The normalized spacial score (nSPS) is 21.5. The van der Waals surface area contributed by atoms with E-state index >= 15 is 0 Å². The zero-order chi connectivity index (χ0) is 32.1. The SMILES string of the molecule is CC1(C(=O)N(CC(=O)Nc2ccc3c(c2)CC(=O)Nc2ncccc2C3)[C@H]2CCCNC2)CCN(C(=O)CN2CCNCC2)CC1. The fourth-order valence-corrected chi connectivity index (χ4v) is 7.08. The van der Waals surface area contributed by atoms with Crippen molar-refractivity contribution in [2.45, 2.75) is 51.5 Å². The quantitative estimate of drug-likeness (QED) is 0.358. The lowest BCUT2D eigenvalue weighted by Crippen LogP contribution is -2.57. The van der Waals surface area contributed by atoms with Crippen LogP contribution in [0, 0.1) is 5.41 Å². The summed E-state index contributed by atoms with van der Waals surface area (Å²) in [6.07, 6.45) is 5.39. The van der Waals surface area contributed by atoms with Crippen LogP contribution in [0.4, 0.5) is 11.5 Å². The Hall–Kier alpha value is -3.87. The van der Waals surface area contributed by atoms with E-state index in [-0.39, 0.29) is 42.6 Å². The molecule has 0 saturated carbocycles. The molecular formula is C34H46N8O4. The van der Waals surface area contributed by atoms with Crippen molar-refractivity contribution < 1.29 is 19.2 Å². The minimum absolute atomic E-state index is 0.0207. The Balaban J connectivity index is 1.11. The Morgan fingerprint density at radius 1 is 1.00 bits per heavy atom. The number of pyridine rings is 1. The molecular weight excluding hydrogens is 584 g/mol. The molecule has 2 aromatic rings. The molecule has 4 amide bonds. The molecule has 0 radical (unpaired) electrons. The predicted molar refractivity (Wildman–Crippen MR) is 175 cm³/mol. The number of hydrogen-bond acceptors (Lipinski definition) is 8. The molecule has 1 aromatic heterocycles. The number of anilines is 2. The van der Waals surface area contributed by atoms with E-state index in [2.05, 4.69) is 31.2 Å². The van der Waals surface area contributed by atoms with Gasteiger partial charge in [-0.2, -0.15) is 0 Å². The highest BCUT2D eigenvalue weighted by atomic mass is 16.2. The number of piperazine rings is 1. The highest BCUT2D eigenvalue weighted by Gasteiger charge is 2.43. The highest BCUT2D eigenvalue weighted by Crippen LogP contribution is 2.34. The first-order chi connectivity index (χ1) is 22.3. The summed E-state index contributed by atoms with van der Waals surface area (Å²) in [6.45, 7) is 8.52. The molecule has 12 nitrogen and oxygen atoms in total. The molecule has 4 N–H and O–H groups in total. The largest absolute Gasteiger partial charge is 0.342 e. The first-order valence-corrected chi connectivity index (χ1v) is 16.7. The second-order valence-electron chi connectivity index (χ2n) is 13.3. The molecule has 1 atom stereocenters. The van der Waals surface area contributed by atoms with Crippen molar-refractivity contribution in [2.75, 3.05) is 76.1 Å². The fourth-order valence-electron chi connectivity index (χ4n) is 7.08. The fraction of sp³-hybridized carbons (Fsp3) is 0.559. The van der Waals surface area contributed by atoms with Crippen molar-refractivity contribution in [3.63, 3.8) is 0 Å². The van der Waals surface area contributed by atoms with Crippen molar-refractivity contribution in [3.05, 3.63) is 53.2 Å². The van der Waals surface area contributed by atoms with Gasteiger partial charge in [-0.3, -0.25) is 24.1 Å². The predicted octanol–water partition coefficient (Wildman–Crippen LogP) is 1.22. The van der Waals surface area contributed by atoms with Crippen LogP contribution in [-0.4, -0.2) is 115 Å². The number of hydrogen-bond donors (Lipinski definition) is 4. The van der Waals surface area contributed by atoms with Gasteiger partial charge in [-0.15, -0.1) is 0 Å². The van der Waals surface area contributed by atoms with Gasteiger partial charge in [-0.1, -0.05) is 19.1 Å². The van der Waals surface area contributed by atoms with Crippen LogP contribution in [0.1, 0.15) is 49.3 Å². The van der Waals surface area contributed by atoms with Crippen LogP contribution in [-0.2, 0) is 32.0 Å². The van der Waals surface area contributed by atoms with Crippen molar-refractivity contribution in [3.8, 4) is 0 Å². The molecule has 1 aromatic carbocycles. The molecule has 4 aliphatic heterocycles. The number of piperidine rings is 2. The van der Waals surface area contributed by atoms with Crippen LogP contribution in [0.3, 0.4) is 0 Å². The van der Waals surface area contributed by atoms with Crippen molar-refractivity contribution in [1.82, 2.24) is 30.3 Å². The molecule has 3 saturated heterocycles. The molecule has 246 valence electrons. The smallest absolute Gasteiger partial charge is 0.244 e. The van der Waals surface area contributed by atoms with Gasteiger partial charge in [-0.05, 0) is 67.1 Å². The summed E-state index contributed by atoms with van der Waals surface area (Å²) in [7, 11) is 0. The number of amides is 4. The molecule has 0 aliphatic carbocycles. The van der Waals surface area contributed by atoms with Gasteiger partial charge in [0.05, 0.1) is 13.0 Å². The summed E-state index contributed by atoms with van der Waals surface area (Å²) in [6, 6.07) is 9.39. The van der Waals surface area contributed by atoms with Crippen LogP contribution < -0.4 is 21.3 Å². The summed E-state index contributed by atoms with van der Waals surface area (Å²) in [5.41, 5.74) is 2.75. The Morgan fingerprint density at radius 2 is 1.80 bits per heavy atom. The van der Waals surface area contributed by atoms with E-state index in [1.807, 2.05) is 42.2 Å². The van der Waals surface area contributed by atoms with Crippen LogP contribution in [0.5, 0.6) is 0 Å².